The van der Waals surface area contributed by atoms with Crippen molar-refractivity contribution in [3.63, 3.8) is 0 Å². The smallest absolute Gasteiger partial charge is 0.256 e. The Bertz CT molecular complexity index is 819. The zero-order valence-electron chi connectivity index (χ0n) is 12.4. The minimum Gasteiger partial charge on any atom is -0.324 e. The van der Waals surface area contributed by atoms with E-state index in [0.29, 0.717) is 5.56 Å². The van der Waals surface area contributed by atoms with Crippen molar-refractivity contribution in [2.45, 2.75) is 13.0 Å². The first kappa shape index (κ1) is 14.3. The summed E-state index contributed by atoms with van der Waals surface area (Å²) in [6, 6.07) is 21.2. The van der Waals surface area contributed by atoms with Gasteiger partial charge in [-0.3, -0.25) is 4.79 Å². The number of hydrogen-bond donors (Lipinski definition) is 2. The predicted octanol–water partition coefficient (Wildman–Crippen LogP) is 4.11. The van der Waals surface area contributed by atoms with Crippen LogP contribution in [0.15, 0.2) is 66.7 Å². The molecule has 1 amide bonds. The van der Waals surface area contributed by atoms with Crippen LogP contribution in [0.3, 0.4) is 0 Å². The highest BCUT2D eigenvalue weighted by molar-refractivity contribution is 6.12. The van der Waals surface area contributed by atoms with Gasteiger partial charge in [-0.15, -0.1) is 0 Å². The molecule has 3 N–H and O–H groups in total. The first-order valence-electron chi connectivity index (χ1n) is 7.30. The van der Waals surface area contributed by atoms with Crippen LogP contribution in [-0.2, 0) is 0 Å². The Balaban J connectivity index is 1.92. The highest BCUT2D eigenvalue weighted by atomic mass is 16.1. The van der Waals surface area contributed by atoms with Crippen molar-refractivity contribution in [2.24, 2.45) is 5.73 Å². The summed E-state index contributed by atoms with van der Waals surface area (Å²) in [6.45, 7) is 1.92. The van der Waals surface area contributed by atoms with E-state index in [9.17, 15) is 4.79 Å². The van der Waals surface area contributed by atoms with Crippen LogP contribution in [0.2, 0.25) is 0 Å². The minimum atomic E-state index is -0.112. The van der Waals surface area contributed by atoms with Crippen LogP contribution in [0, 0.1) is 0 Å². The Hall–Kier alpha value is -2.65. The number of benzene rings is 3. The minimum absolute atomic E-state index is 0.0607. The van der Waals surface area contributed by atoms with E-state index >= 15 is 0 Å². The molecule has 3 aromatic rings. The van der Waals surface area contributed by atoms with Gasteiger partial charge in [-0.1, -0.05) is 48.5 Å². The average Bonchev–Trinajstić information content (AvgIpc) is 2.54. The molecule has 0 heterocycles. The Morgan fingerprint density at radius 1 is 1.00 bits per heavy atom. The van der Waals surface area contributed by atoms with Crippen molar-refractivity contribution in [3.05, 3.63) is 77.9 Å². The lowest BCUT2D eigenvalue weighted by atomic mass is 10.0. The molecule has 1 unspecified atom stereocenters. The summed E-state index contributed by atoms with van der Waals surface area (Å²) >= 11 is 0. The van der Waals surface area contributed by atoms with Crippen LogP contribution < -0.4 is 11.1 Å². The third kappa shape index (κ3) is 2.85. The fourth-order valence-corrected chi connectivity index (χ4v) is 2.52. The van der Waals surface area contributed by atoms with Crippen LogP contribution in [0.5, 0.6) is 0 Å². The van der Waals surface area contributed by atoms with Gasteiger partial charge in [0.2, 0.25) is 0 Å². The monoisotopic (exact) mass is 290 g/mol. The summed E-state index contributed by atoms with van der Waals surface area (Å²) in [5.41, 5.74) is 8.31. The largest absolute Gasteiger partial charge is 0.324 e. The lowest BCUT2D eigenvalue weighted by Gasteiger charge is -2.11. The van der Waals surface area contributed by atoms with E-state index in [0.717, 1.165) is 22.0 Å². The molecular formula is C19H18N2O. The van der Waals surface area contributed by atoms with Crippen LogP contribution in [0.25, 0.3) is 10.8 Å². The molecule has 0 bridgehead atoms. The molecule has 0 saturated carbocycles. The van der Waals surface area contributed by atoms with E-state index < -0.39 is 0 Å². The number of hydrogen-bond acceptors (Lipinski definition) is 2. The van der Waals surface area contributed by atoms with Gasteiger partial charge in [0.25, 0.3) is 5.91 Å². The number of anilines is 1. The van der Waals surface area contributed by atoms with Gasteiger partial charge in [-0.25, -0.2) is 0 Å². The van der Waals surface area contributed by atoms with Crippen molar-refractivity contribution in [2.75, 3.05) is 5.32 Å². The number of carbonyl (C=O) groups is 1. The Labute approximate surface area is 129 Å². The lowest BCUT2D eigenvalue weighted by molar-refractivity contribution is 0.102. The van der Waals surface area contributed by atoms with Gasteiger partial charge >= 0.3 is 0 Å². The molecular weight excluding hydrogens is 272 g/mol. The molecule has 22 heavy (non-hydrogen) atoms. The first-order chi connectivity index (χ1) is 10.6. The number of nitrogens with one attached hydrogen (secondary N) is 1. The van der Waals surface area contributed by atoms with Crippen molar-refractivity contribution < 1.29 is 4.79 Å². The van der Waals surface area contributed by atoms with Crippen LogP contribution in [0.4, 0.5) is 5.69 Å². The molecule has 3 nitrogen and oxygen atoms in total. The summed E-state index contributed by atoms with van der Waals surface area (Å²) in [5.74, 6) is -0.112. The summed E-state index contributed by atoms with van der Waals surface area (Å²) in [4.78, 5) is 12.6. The summed E-state index contributed by atoms with van der Waals surface area (Å²) < 4.78 is 0. The molecule has 0 spiro atoms. The van der Waals surface area contributed by atoms with Gasteiger partial charge in [-0.2, -0.15) is 0 Å². The van der Waals surface area contributed by atoms with E-state index in [2.05, 4.69) is 5.32 Å². The van der Waals surface area contributed by atoms with Gasteiger partial charge in [0.05, 0.1) is 0 Å². The molecule has 3 rings (SSSR count). The fourth-order valence-electron chi connectivity index (χ4n) is 2.52. The first-order valence-corrected chi connectivity index (χ1v) is 7.30. The molecule has 0 aliphatic carbocycles. The number of nitrogens with two attached hydrogens (primary N) is 1. The molecule has 3 aromatic carbocycles. The molecule has 110 valence electrons. The molecule has 0 aliphatic rings. The second-order valence-electron chi connectivity index (χ2n) is 5.39. The van der Waals surface area contributed by atoms with Gasteiger partial charge in [0.15, 0.2) is 0 Å². The molecule has 3 heteroatoms. The van der Waals surface area contributed by atoms with E-state index in [1.54, 1.807) is 0 Å². The quantitative estimate of drug-likeness (QED) is 0.762. The van der Waals surface area contributed by atoms with Crippen molar-refractivity contribution >= 4 is 22.4 Å². The van der Waals surface area contributed by atoms with Gasteiger partial charge in [0.1, 0.15) is 0 Å². The SMILES string of the molecule is CC(N)c1cccc(NC(=O)c2cccc3ccccc23)c1. The third-order valence-corrected chi connectivity index (χ3v) is 3.70. The molecule has 0 radical (unpaired) electrons. The molecule has 0 aromatic heterocycles. The van der Waals surface area contributed by atoms with Gasteiger partial charge in [-0.05, 0) is 41.5 Å². The highest BCUT2D eigenvalue weighted by Gasteiger charge is 2.10. The van der Waals surface area contributed by atoms with E-state index in [1.165, 1.54) is 0 Å². The zero-order chi connectivity index (χ0) is 15.5. The summed E-state index contributed by atoms with van der Waals surface area (Å²) in [5, 5.41) is 4.96. The van der Waals surface area contributed by atoms with E-state index in [-0.39, 0.29) is 11.9 Å². The van der Waals surface area contributed by atoms with Crippen LogP contribution >= 0.6 is 0 Å². The molecule has 0 saturated heterocycles. The number of amides is 1. The second-order valence-corrected chi connectivity index (χ2v) is 5.39. The van der Waals surface area contributed by atoms with Gasteiger partial charge in [0, 0.05) is 17.3 Å². The predicted molar refractivity (Wildman–Crippen MR) is 90.9 cm³/mol. The summed E-state index contributed by atoms with van der Waals surface area (Å²) in [6.07, 6.45) is 0. The average molecular weight is 290 g/mol. The number of rotatable bonds is 3. The maximum atomic E-state index is 12.6. The Morgan fingerprint density at radius 3 is 2.55 bits per heavy atom. The molecule has 1 atom stereocenters. The lowest BCUT2D eigenvalue weighted by Crippen LogP contribution is -2.13. The van der Waals surface area contributed by atoms with Crippen molar-refractivity contribution in [1.29, 1.82) is 0 Å². The Kier molecular flexibility index (Phi) is 3.90. The normalized spacial score (nSPS) is 12.1. The fraction of sp³-hybridized carbons (Fsp3) is 0.105. The molecule has 0 aliphatic heterocycles. The van der Waals surface area contributed by atoms with Crippen molar-refractivity contribution in [1.82, 2.24) is 0 Å². The second kappa shape index (κ2) is 6.00. The van der Waals surface area contributed by atoms with E-state index in [4.69, 9.17) is 5.73 Å². The number of fused-ring (bicyclic) bond motifs is 1. The van der Waals surface area contributed by atoms with E-state index in [1.807, 2.05) is 73.7 Å². The third-order valence-electron chi connectivity index (χ3n) is 3.70. The number of carbonyl (C=O) groups excluding carboxylic acids is 1. The maximum absolute atomic E-state index is 12.6. The van der Waals surface area contributed by atoms with Crippen molar-refractivity contribution in [3.8, 4) is 0 Å². The van der Waals surface area contributed by atoms with Crippen LogP contribution in [-0.4, -0.2) is 5.91 Å². The Morgan fingerprint density at radius 2 is 1.73 bits per heavy atom. The maximum Gasteiger partial charge on any atom is 0.256 e. The summed E-state index contributed by atoms with van der Waals surface area (Å²) in [7, 11) is 0. The zero-order valence-corrected chi connectivity index (χ0v) is 12.4. The van der Waals surface area contributed by atoms with Gasteiger partial charge < -0.3 is 11.1 Å². The van der Waals surface area contributed by atoms with Crippen LogP contribution in [0.1, 0.15) is 28.9 Å². The highest BCUT2D eigenvalue weighted by Crippen LogP contribution is 2.21. The topological polar surface area (TPSA) is 55.1 Å². The molecule has 0 fully saturated rings. The standard InChI is InChI=1S/C19H18N2O/c1-13(20)15-8-4-9-16(12-15)21-19(22)18-11-5-7-14-6-2-3-10-17(14)18/h2-13H,20H2,1H3,(H,21,22).